The van der Waals surface area contributed by atoms with E-state index in [4.69, 9.17) is 5.11 Å². The van der Waals surface area contributed by atoms with E-state index in [1.807, 2.05) is 30.3 Å². The summed E-state index contributed by atoms with van der Waals surface area (Å²) in [7, 11) is 0. The number of hydrogen-bond acceptors (Lipinski definition) is 2. The van der Waals surface area contributed by atoms with Crippen LogP contribution in [0.25, 0.3) is 11.1 Å². The topological polar surface area (TPSA) is 50.2 Å². The maximum Gasteiger partial charge on any atom is 0.309 e. The van der Waals surface area contributed by atoms with E-state index < -0.39 is 11.9 Å². The van der Waals surface area contributed by atoms with Crippen LogP contribution in [0.15, 0.2) is 42.5 Å². The summed E-state index contributed by atoms with van der Waals surface area (Å²) in [6.07, 6.45) is -0.290. The van der Waals surface area contributed by atoms with Crippen molar-refractivity contribution in [3.63, 3.8) is 0 Å². The molecule has 0 aliphatic carbocycles. The molecule has 0 amide bonds. The van der Waals surface area contributed by atoms with E-state index >= 15 is 0 Å². The van der Waals surface area contributed by atoms with Crippen molar-refractivity contribution >= 4 is 5.97 Å². The first-order valence-electron chi connectivity index (χ1n) is 5.09. The zero-order valence-corrected chi connectivity index (χ0v) is 8.93. The molecule has 2 rings (SSSR count). The first-order valence-corrected chi connectivity index (χ1v) is 5.09. The Labute approximate surface area is 97.6 Å². The van der Waals surface area contributed by atoms with Crippen molar-refractivity contribution in [1.29, 1.82) is 0 Å². The molecule has 0 aliphatic rings. The van der Waals surface area contributed by atoms with Crippen LogP contribution in [0.4, 0.5) is 4.39 Å². The summed E-state index contributed by atoms with van der Waals surface area (Å²) >= 11 is 0. The smallest absolute Gasteiger partial charge is 0.309 e. The Balaban J connectivity index is 2.50. The lowest BCUT2D eigenvalue weighted by Gasteiger charge is -2.06. The number of hydrogen-bond donors (Lipinski definition) is 1. The quantitative estimate of drug-likeness (QED) is 0.826. The number of rotatable bonds is 3. The molecule has 0 saturated heterocycles. The van der Waals surface area contributed by atoms with Crippen LogP contribution in [0.5, 0.6) is 0 Å². The van der Waals surface area contributed by atoms with Gasteiger partial charge in [-0.25, -0.2) is 4.98 Å². The second-order valence-electron chi connectivity index (χ2n) is 3.56. The molecule has 2 aromatic rings. The fourth-order valence-corrected chi connectivity index (χ4v) is 1.63. The summed E-state index contributed by atoms with van der Waals surface area (Å²) in [5.74, 6) is -1.69. The van der Waals surface area contributed by atoms with Crippen molar-refractivity contribution in [2.75, 3.05) is 0 Å². The molecule has 17 heavy (non-hydrogen) atoms. The maximum absolute atomic E-state index is 13.0. The van der Waals surface area contributed by atoms with E-state index in [-0.39, 0.29) is 12.1 Å². The van der Waals surface area contributed by atoms with Crippen molar-refractivity contribution < 1.29 is 14.3 Å². The van der Waals surface area contributed by atoms with Gasteiger partial charge in [-0.3, -0.25) is 4.79 Å². The van der Waals surface area contributed by atoms with E-state index in [0.717, 1.165) is 5.56 Å². The van der Waals surface area contributed by atoms with Gasteiger partial charge in [0.05, 0.1) is 12.1 Å². The van der Waals surface area contributed by atoms with Gasteiger partial charge in [0.2, 0.25) is 5.95 Å². The minimum atomic E-state index is -1.03. The Morgan fingerprint density at radius 3 is 2.53 bits per heavy atom. The summed E-state index contributed by atoms with van der Waals surface area (Å²) in [6.45, 7) is 0. The van der Waals surface area contributed by atoms with Gasteiger partial charge in [-0.2, -0.15) is 4.39 Å². The summed E-state index contributed by atoms with van der Waals surface area (Å²) in [6, 6.07) is 12.0. The summed E-state index contributed by atoms with van der Waals surface area (Å²) in [4.78, 5) is 14.3. The summed E-state index contributed by atoms with van der Waals surface area (Å²) in [5.41, 5.74) is 1.72. The zero-order chi connectivity index (χ0) is 12.3. The Morgan fingerprint density at radius 2 is 1.88 bits per heavy atom. The SMILES string of the molecule is O=C(O)Cc1nc(F)ccc1-c1ccccc1. The normalized spacial score (nSPS) is 10.2. The van der Waals surface area contributed by atoms with Crippen LogP contribution in [0.3, 0.4) is 0 Å². The third-order valence-electron chi connectivity index (χ3n) is 2.34. The van der Waals surface area contributed by atoms with Crippen LogP contribution < -0.4 is 0 Å². The van der Waals surface area contributed by atoms with E-state index in [0.29, 0.717) is 5.56 Å². The molecule has 1 N–H and O–H groups in total. The van der Waals surface area contributed by atoms with Crippen LogP contribution in [0.1, 0.15) is 5.69 Å². The van der Waals surface area contributed by atoms with Gasteiger partial charge in [0.25, 0.3) is 0 Å². The number of benzene rings is 1. The first-order chi connectivity index (χ1) is 8.16. The number of halogens is 1. The molecule has 0 fully saturated rings. The number of nitrogens with zero attached hydrogens (tertiary/aromatic N) is 1. The maximum atomic E-state index is 13.0. The molecule has 1 aromatic heterocycles. The lowest BCUT2D eigenvalue weighted by molar-refractivity contribution is -0.136. The molecular formula is C13H10FNO2. The molecule has 0 radical (unpaired) electrons. The molecule has 1 aromatic carbocycles. The Kier molecular flexibility index (Phi) is 3.14. The van der Waals surface area contributed by atoms with Gasteiger partial charge in [0, 0.05) is 5.56 Å². The highest BCUT2D eigenvalue weighted by Crippen LogP contribution is 2.22. The van der Waals surface area contributed by atoms with E-state index in [9.17, 15) is 9.18 Å². The number of pyridine rings is 1. The molecule has 0 saturated carbocycles. The van der Waals surface area contributed by atoms with Gasteiger partial charge in [0.15, 0.2) is 0 Å². The highest BCUT2D eigenvalue weighted by Gasteiger charge is 2.11. The number of carbonyl (C=O) groups is 1. The van der Waals surface area contributed by atoms with Crippen LogP contribution >= 0.6 is 0 Å². The second-order valence-corrected chi connectivity index (χ2v) is 3.56. The number of carboxylic acid groups (broad SMARTS) is 1. The van der Waals surface area contributed by atoms with Crippen LogP contribution in [-0.2, 0) is 11.2 Å². The first kappa shape index (κ1) is 11.3. The molecule has 1 heterocycles. The molecule has 0 spiro atoms. The fraction of sp³-hybridized carbons (Fsp3) is 0.0769. The van der Waals surface area contributed by atoms with Crippen LogP contribution in [-0.4, -0.2) is 16.1 Å². The lowest BCUT2D eigenvalue weighted by atomic mass is 10.0. The number of aliphatic carboxylic acids is 1. The molecular weight excluding hydrogens is 221 g/mol. The second kappa shape index (κ2) is 4.74. The van der Waals surface area contributed by atoms with Crippen molar-refractivity contribution in [1.82, 2.24) is 4.98 Å². The predicted molar refractivity (Wildman–Crippen MR) is 61.0 cm³/mol. The number of carboxylic acids is 1. The minimum absolute atomic E-state index is 0.240. The van der Waals surface area contributed by atoms with Gasteiger partial charge in [-0.15, -0.1) is 0 Å². The largest absolute Gasteiger partial charge is 0.481 e. The molecule has 0 aliphatic heterocycles. The van der Waals surface area contributed by atoms with Gasteiger partial charge in [-0.1, -0.05) is 30.3 Å². The van der Waals surface area contributed by atoms with Gasteiger partial charge in [0.1, 0.15) is 0 Å². The van der Waals surface area contributed by atoms with Gasteiger partial charge < -0.3 is 5.11 Å². The standard InChI is InChI=1S/C13H10FNO2/c14-12-7-6-10(9-4-2-1-3-5-9)11(15-12)8-13(16)17/h1-7H,8H2,(H,16,17). The zero-order valence-electron chi connectivity index (χ0n) is 8.93. The molecule has 4 heteroatoms. The summed E-state index contributed by atoms with van der Waals surface area (Å²) < 4.78 is 13.0. The minimum Gasteiger partial charge on any atom is -0.481 e. The molecule has 0 bridgehead atoms. The van der Waals surface area contributed by atoms with Crippen molar-refractivity contribution in [3.05, 3.63) is 54.1 Å². The van der Waals surface area contributed by atoms with Gasteiger partial charge in [-0.05, 0) is 17.7 Å². The average Bonchev–Trinajstić information content (AvgIpc) is 2.29. The molecule has 86 valence electrons. The lowest BCUT2D eigenvalue weighted by Crippen LogP contribution is -2.05. The predicted octanol–water partition coefficient (Wildman–Crippen LogP) is 2.51. The average molecular weight is 231 g/mol. The van der Waals surface area contributed by atoms with E-state index in [2.05, 4.69) is 4.98 Å². The number of aromatic nitrogens is 1. The third kappa shape index (κ3) is 2.66. The Morgan fingerprint density at radius 1 is 1.18 bits per heavy atom. The monoisotopic (exact) mass is 231 g/mol. The fourth-order valence-electron chi connectivity index (χ4n) is 1.63. The highest BCUT2D eigenvalue weighted by atomic mass is 19.1. The van der Waals surface area contributed by atoms with Crippen LogP contribution in [0.2, 0.25) is 0 Å². The van der Waals surface area contributed by atoms with Crippen molar-refractivity contribution in [2.24, 2.45) is 0 Å². The molecule has 0 atom stereocenters. The third-order valence-corrected chi connectivity index (χ3v) is 2.34. The van der Waals surface area contributed by atoms with E-state index in [1.165, 1.54) is 6.07 Å². The Hall–Kier alpha value is -2.23. The molecule has 3 nitrogen and oxygen atoms in total. The molecule has 0 unspecified atom stereocenters. The van der Waals surface area contributed by atoms with Gasteiger partial charge >= 0.3 is 5.97 Å². The Bertz CT molecular complexity index is 540. The van der Waals surface area contributed by atoms with Crippen molar-refractivity contribution in [2.45, 2.75) is 6.42 Å². The summed E-state index contributed by atoms with van der Waals surface area (Å²) in [5, 5.41) is 8.77. The van der Waals surface area contributed by atoms with Crippen LogP contribution in [0, 0.1) is 5.95 Å². The van der Waals surface area contributed by atoms with Crippen molar-refractivity contribution in [3.8, 4) is 11.1 Å². The highest BCUT2D eigenvalue weighted by molar-refractivity contribution is 5.75. The van der Waals surface area contributed by atoms with E-state index in [1.54, 1.807) is 6.07 Å².